The monoisotopic (exact) mass is 344 g/mol. The maximum absolute atomic E-state index is 13.8. The van der Waals surface area contributed by atoms with Crippen LogP contribution in [0.15, 0.2) is 24.3 Å². The van der Waals surface area contributed by atoms with Crippen molar-refractivity contribution in [2.45, 2.75) is 28.7 Å². The molecule has 2 rings (SSSR count). The van der Waals surface area contributed by atoms with Crippen molar-refractivity contribution >= 4 is 5.78 Å². The second-order valence-electron chi connectivity index (χ2n) is 4.54. The second-order valence-corrected chi connectivity index (χ2v) is 4.54. The van der Waals surface area contributed by atoms with Crippen molar-refractivity contribution in [3.8, 4) is 5.75 Å². The molecule has 0 amide bonds. The molecule has 0 radical (unpaired) electrons. The van der Waals surface area contributed by atoms with Crippen LogP contribution in [0.1, 0.15) is 43.3 Å². The first-order valence-corrected chi connectivity index (χ1v) is 6.48. The molecule has 0 bridgehead atoms. The number of ether oxygens (including phenoxy) is 1. The van der Waals surface area contributed by atoms with E-state index in [-0.39, 0.29) is 20.4 Å². The van der Waals surface area contributed by atoms with Gasteiger partial charge in [-0.3, -0.25) is 4.79 Å². The Kier molecular flexibility index (Phi) is 7.64. The van der Waals surface area contributed by atoms with E-state index in [1.807, 2.05) is 0 Å². The minimum atomic E-state index is -1.70. The molecule has 0 aliphatic rings. The van der Waals surface area contributed by atoms with Crippen LogP contribution in [-0.4, -0.2) is 12.4 Å². The third-order valence-corrected chi connectivity index (χ3v) is 3.14. The summed E-state index contributed by atoms with van der Waals surface area (Å²) in [5.41, 5.74) is -2.16. The van der Waals surface area contributed by atoms with Gasteiger partial charge in [0.1, 0.15) is 11.3 Å². The SMILES string of the molecule is C.C.CCOc1ccc(C(=O)c2c(F)c(F)c(C)c(F)c2F)cc1. The van der Waals surface area contributed by atoms with E-state index in [9.17, 15) is 22.4 Å². The van der Waals surface area contributed by atoms with Crippen LogP contribution in [0.3, 0.4) is 0 Å². The van der Waals surface area contributed by atoms with E-state index >= 15 is 0 Å². The molecule has 0 heterocycles. The summed E-state index contributed by atoms with van der Waals surface area (Å²) in [5.74, 6) is -7.23. The fourth-order valence-electron chi connectivity index (χ4n) is 1.95. The summed E-state index contributed by atoms with van der Waals surface area (Å²) < 4.78 is 59.8. The minimum Gasteiger partial charge on any atom is -0.494 e. The molecule has 2 aromatic carbocycles. The molecule has 0 unspecified atom stereocenters. The van der Waals surface area contributed by atoms with Crippen LogP contribution >= 0.6 is 0 Å². The fourth-order valence-corrected chi connectivity index (χ4v) is 1.95. The molecule has 0 saturated carbocycles. The summed E-state index contributed by atoms with van der Waals surface area (Å²) in [5, 5.41) is 0. The van der Waals surface area contributed by atoms with Crippen LogP contribution in [0.5, 0.6) is 5.75 Å². The maximum atomic E-state index is 13.8. The summed E-state index contributed by atoms with van der Waals surface area (Å²) in [7, 11) is 0. The van der Waals surface area contributed by atoms with Gasteiger partial charge in [0.25, 0.3) is 0 Å². The van der Waals surface area contributed by atoms with Gasteiger partial charge in [-0.15, -0.1) is 0 Å². The molecular weight excluding hydrogens is 324 g/mol. The van der Waals surface area contributed by atoms with Gasteiger partial charge >= 0.3 is 0 Å². The number of hydrogen-bond donors (Lipinski definition) is 0. The first kappa shape index (κ1) is 21.6. The number of benzene rings is 2. The Morgan fingerprint density at radius 2 is 1.38 bits per heavy atom. The fraction of sp³-hybridized carbons (Fsp3) is 0.278. The second kappa shape index (κ2) is 8.47. The van der Waals surface area contributed by atoms with Crippen LogP contribution < -0.4 is 4.74 Å². The Morgan fingerprint density at radius 1 is 0.917 bits per heavy atom. The average Bonchev–Trinajstić information content (AvgIpc) is 2.52. The Morgan fingerprint density at radius 3 is 1.79 bits per heavy atom. The van der Waals surface area contributed by atoms with Crippen molar-refractivity contribution in [3.63, 3.8) is 0 Å². The van der Waals surface area contributed by atoms with Crippen molar-refractivity contribution in [1.82, 2.24) is 0 Å². The van der Waals surface area contributed by atoms with Gasteiger partial charge in [-0.1, -0.05) is 14.9 Å². The van der Waals surface area contributed by atoms with Crippen LogP contribution in [-0.2, 0) is 0 Å². The molecule has 0 spiro atoms. The summed E-state index contributed by atoms with van der Waals surface area (Å²) in [4.78, 5) is 12.1. The zero-order chi connectivity index (χ0) is 16.4. The number of rotatable bonds is 4. The van der Waals surface area contributed by atoms with Gasteiger partial charge in [0, 0.05) is 11.1 Å². The van der Waals surface area contributed by atoms with E-state index < -0.39 is 40.2 Å². The molecular formula is C18H20F4O2. The van der Waals surface area contributed by atoms with E-state index in [1.165, 1.54) is 24.3 Å². The smallest absolute Gasteiger partial charge is 0.199 e. The molecule has 2 nitrogen and oxygen atoms in total. The van der Waals surface area contributed by atoms with Crippen LogP contribution in [0.2, 0.25) is 0 Å². The van der Waals surface area contributed by atoms with Gasteiger partial charge in [0.05, 0.1) is 6.61 Å². The number of ketones is 1. The highest BCUT2D eigenvalue weighted by molar-refractivity contribution is 6.09. The Labute approximate surface area is 139 Å². The summed E-state index contributed by atoms with van der Waals surface area (Å²) in [6.45, 7) is 3.06. The van der Waals surface area contributed by atoms with Crippen LogP contribution in [0, 0.1) is 30.2 Å². The van der Waals surface area contributed by atoms with Crippen molar-refractivity contribution in [2.75, 3.05) is 6.61 Å². The maximum Gasteiger partial charge on any atom is 0.199 e. The van der Waals surface area contributed by atoms with Crippen molar-refractivity contribution in [1.29, 1.82) is 0 Å². The number of carbonyl (C=O) groups is 1. The Hall–Kier alpha value is -2.37. The number of carbonyl (C=O) groups excluding carboxylic acids is 1. The van der Waals surface area contributed by atoms with Gasteiger partial charge in [-0.05, 0) is 38.1 Å². The number of hydrogen-bond acceptors (Lipinski definition) is 2. The lowest BCUT2D eigenvalue weighted by Gasteiger charge is -2.09. The molecule has 0 aromatic heterocycles. The third kappa shape index (κ3) is 3.75. The molecule has 0 fully saturated rings. The molecule has 2 aromatic rings. The zero-order valence-corrected chi connectivity index (χ0v) is 11.8. The zero-order valence-electron chi connectivity index (χ0n) is 11.8. The lowest BCUT2D eigenvalue weighted by Crippen LogP contribution is -2.13. The van der Waals surface area contributed by atoms with Gasteiger partial charge in [-0.25, -0.2) is 17.6 Å². The minimum absolute atomic E-state index is 0. The van der Waals surface area contributed by atoms with E-state index in [1.54, 1.807) is 6.92 Å². The molecule has 24 heavy (non-hydrogen) atoms. The van der Waals surface area contributed by atoms with E-state index in [0.29, 0.717) is 12.4 Å². The van der Waals surface area contributed by atoms with Crippen LogP contribution in [0.25, 0.3) is 0 Å². The molecule has 6 heteroatoms. The normalized spacial score (nSPS) is 9.75. The van der Waals surface area contributed by atoms with Crippen molar-refractivity contribution in [3.05, 3.63) is 64.2 Å². The van der Waals surface area contributed by atoms with Gasteiger partial charge in [0.2, 0.25) is 0 Å². The van der Waals surface area contributed by atoms with Gasteiger partial charge in [0.15, 0.2) is 29.1 Å². The van der Waals surface area contributed by atoms with E-state index in [4.69, 9.17) is 4.74 Å². The Balaban J connectivity index is 0.00000264. The molecule has 0 aliphatic carbocycles. The predicted octanol–water partition coefficient (Wildman–Crippen LogP) is 5.45. The molecule has 0 N–H and O–H groups in total. The largest absolute Gasteiger partial charge is 0.494 e. The standard InChI is InChI=1S/C16H12F4O2.2CH4/c1-3-22-10-6-4-9(5-7-10)16(21)11-14(19)12(17)8(2)13(18)15(11)20;;/h4-7H,3H2,1-2H3;2*1H4. The Bertz CT molecular complexity index is 696. The van der Waals surface area contributed by atoms with E-state index in [0.717, 1.165) is 6.92 Å². The molecule has 0 saturated heterocycles. The predicted molar refractivity (Wildman–Crippen MR) is 85.5 cm³/mol. The summed E-state index contributed by atoms with van der Waals surface area (Å²) in [6, 6.07) is 5.38. The van der Waals surface area contributed by atoms with Gasteiger partial charge in [-0.2, -0.15) is 0 Å². The molecule has 0 aliphatic heterocycles. The number of halogens is 4. The summed E-state index contributed by atoms with van der Waals surface area (Å²) in [6.07, 6.45) is 0. The lowest BCUT2D eigenvalue weighted by atomic mass is 10.00. The van der Waals surface area contributed by atoms with Gasteiger partial charge < -0.3 is 4.74 Å². The van der Waals surface area contributed by atoms with Crippen molar-refractivity contribution < 1.29 is 27.1 Å². The average molecular weight is 344 g/mol. The van der Waals surface area contributed by atoms with E-state index in [2.05, 4.69) is 0 Å². The molecule has 0 atom stereocenters. The highest BCUT2D eigenvalue weighted by Gasteiger charge is 2.28. The quantitative estimate of drug-likeness (QED) is 0.419. The highest BCUT2D eigenvalue weighted by atomic mass is 19.2. The first-order valence-electron chi connectivity index (χ1n) is 6.48. The lowest BCUT2D eigenvalue weighted by molar-refractivity contribution is 0.102. The van der Waals surface area contributed by atoms with Crippen molar-refractivity contribution in [2.24, 2.45) is 0 Å². The topological polar surface area (TPSA) is 26.3 Å². The first-order chi connectivity index (χ1) is 10.4. The highest BCUT2D eigenvalue weighted by Crippen LogP contribution is 2.26. The third-order valence-electron chi connectivity index (χ3n) is 3.14. The molecule has 132 valence electrons. The summed E-state index contributed by atoms with van der Waals surface area (Å²) >= 11 is 0. The van der Waals surface area contributed by atoms with Crippen LogP contribution in [0.4, 0.5) is 17.6 Å².